The van der Waals surface area contributed by atoms with Gasteiger partial charge in [0.05, 0.1) is 10.9 Å². The largest absolute Gasteiger partial charge is 0.419 e. The number of nitrogens with two attached hydrogens (primary N) is 1. The van der Waals surface area contributed by atoms with E-state index in [-0.39, 0.29) is 24.9 Å². The van der Waals surface area contributed by atoms with E-state index in [0.29, 0.717) is 42.8 Å². The molecule has 3 rings (SSSR count). The number of amides is 1. The number of anilines is 1. The summed E-state index contributed by atoms with van der Waals surface area (Å²) in [5.74, 6) is -0.544. The highest BCUT2D eigenvalue weighted by molar-refractivity contribution is 5.97. The summed E-state index contributed by atoms with van der Waals surface area (Å²) < 4.78 is 11.9. The van der Waals surface area contributed by atoms with E-state index in [4.69, 9.17) is 14.9 Å². The van der Waals surface area contributed by atoms with Gasteiger partial charge in [0.15, 0.2) is 5.58 Å². The number of ether oxygens (including phenoxy) is 1. The first-order valence-electron chi connectivity index (χ1n) is 7.25. The zero-order chi connectivity index (χ0) is 15.7. The van der Waals surface area contributed by atoms with Gasteiger partial charge in [-0.05, 0) is 25.0 Å². The predicted octanol–water partition coefficient (Wildman–Crippen LogP) is 1.25. The van der Waals surface area contributed by atoms with Crippen molar-refractivity contribution in [1.29, 1.82) is 0 Å². The van der Waals surface area contributed by atoms with Crippen LogP contribution in [0.5, 0.6) is 0 Å². The Bertz CT molecular complexity index is 762. The molecule has 7 nitrogen and oxygen atoms in total. The normalized spacial score (nSPS) is 16.8. The number of aryl methyl sites for hydroxylation is 1. The van der Waals surface area contributed by atoms with Gasteiger partial charge in [-0.2, -0.15) is 0 Å². The molecule has 126 valence electrons. The molecule has 0 bridgehead atoms. The van der Waals surface area contributed by atoms with Gasteiger partial charge in [-0.25, -0.2) is 4.79 Å². The highest BCUT2D eigenvalue weighted by Crippen LogP contribution is 2.31. The zero-order valence-corrected chi connectivity index (χ0v) is 13.6. The predicted molar refractivity (Wildman–Crippen MR) is 88.9 cm³/mol. The second-order valence-corrected chi connectivity index (χ2v) is 5.66. The maximum absolute atomic E-state index is 12.6. The topological polar surface area (TPSA) is 99.5 Å². The molecule has 2 heterocycles. The molecule has 8 heteroatoms. The lowest BCUT2D eigenvalue weighted by Gasteiger charge is -2.34. The summed E-state index contributed by atoms with van der Waals surface area (Å²) in [6.07, 6.45) is 1.22. The molecule has 0 unspecified atom stereocenters. The summed E-state index contributed by atoms with van der Waals surface area (Å²) in [6.45, 7) is 1.36. The number of nitrogens with one attached hydrogen (secondary N) is 1. The number of carbonyl (C=O) groups excluding carboxylic acids is 1. The Labute approximate surface area is 139 Å². The Morgan fingerprint density at radius 2 is 2.09 bits per heavy atom. The molecule has 0 aliphatic carbocycles. The van der Waals surface area contributed by atoms with Crippen LogP contribution in [-0.4, -0.2) is 30.2 Å². The number of fused-ring (bicyclic) bond motifs is 1. The van der Waals surface area contributed by atoms with Gasteiger partial charge in [-0.1, -0.05) is 0 Å². The fourth-order valence-electron chi connectivity index (χ4n) is 2.76. The number of hydrogen-bond acceptors (Lipinski definition) is 5. The SMILES string of the molecule is Cl.Cn1c(=O)oc2cc(NC(=O)C3(CN)CCOCC3)ccc21. The average Bonchev–Trinajstić information content (AvgIpc) is 2.82. The summed E-state index contributed by atoms with van der Waals surface area (Å²) in [6, 6.07) is 5.14. The van der Waals surface area contributed by atoms with E-state index in [9.17, 15) is 9.59 Å². The maximum atomic E-state index is 12.6. The fourth-order valence-corrected chi connectivity index (χ4v) is 2.76. The summed E-state index contributed by atoms with van der Waals surface area (Å²) >= 11 is 0. The van der Waals surface area contributed by atoms with Crippen molar-refractivity contribution in [3.63, 3.8) is 0 Å². The Morgan fingerprint density at radius 3 is 2.74 bits per heavy atom. The number of oxazole rings is 1. The molecule has 2 aromatic rings. The molecule has 3 N–H and O–H groups in total. The molecule has 1 aromatic carbocycles. The van der Waals surface area contributed by atoms with Crippen molar-refractivity contribution < 1.29 is 13.9 Å². The first kappa shape index (κ1) is 17.5. The zero-order valence-electron chi connectivity index (χ0n) is 12.8. The molecule has 0 spiro atoms. The number of benzene rings is 1. The van der Waals surface area contributed by atoms with Crippen molar-refractivity contribution in [3.05, 3.63) is 28.7 Å². The Balaban J connectivity index is 0.00000192. The molecule has 1 fully saturated rings. The summed E-state index contributed by atoms with van der Waals surface area (Å²) in [5, 5.41) is 2.88. The number of aromatic nitrogens is 1. The molecule has 1 aliphatic heterocycles. The highest BCUT2D eigenvalue weighted by atomic mass is 35.5. The molecule has 1 saturated heterocycles. The van der Waals surface area contributed by atoms with Gasteiger partial charge in [-0.3, -0.25) is 9.36 Å². The minimum atomic E-state index is -0.593. The molecule has 1 aromatic heterocycles. The second-order valence-electron chi connectivity index (χ2n) is 5.66. The van der Waals surface area contributed by atoms with Crippen LogP contribution in [0.2, 0.25) is 0 Å². The van der Waals surface area contributed by atoms with Crippen molar-refractivity contribution in [2.24, 2.45) is 18.2 Å². The van der Waals surface area contributed by atoms with Gasteiger partial charge in [0.1, 0.15) is 0 Å². The molecular formula is C15H20ClN3O4. The van der Waals surface area contributed by atoms with Gasteiger partial charge in [0.25, 0.3) is 0 Å². The first-order valence-corrected chi connectivity index (χ1v) is 7.25. The van der Waals surface area contributed by atoms with E-state index in [1.165, 1.54) is 4.57 Å². The van der Waals surface area contributed by atoms with E-state index in [2.05, 4.69) is 5.32 Å². The van der Waals surface area contributed by atoms with E-state index in [0.717, 1.165) is 0 Å². The number of carbonyl (C=O) groups is 1. The van der Waals surface area contributed by atoms with Crippen molar-refractivity contribution in [2.45, 2.75) is 12.8 Å². The van der Waals surface area contributed by atoms with Crippen LogP contribution < -0.4 is 16.8 Å². The number of hydrogen-bond donors (Lipinski definition) is 2. The molecule has 0 atom stereocenters. The van der Waals surface area contributed by atoms with Crippen molar-refractivity contribution >= 4 is 35.1 Å². The monoisotopic (exact) mass is 341 g/mol. The average molecular weight is 342 g/mol. The van der Waals surface area contributed by atoms with Gasteiger partial charge in [0, 0.05) is 38.6 Å². The van der Waals surface area contributed by atoms with Crippen LogP contribution in [0.1, 0.15) is 12.8 Å². The lowest BCUT2D eigenvalue weighted by Crippen LogP contribution is -2.46. The fraction of sp³-hybridized carbons (Fsp3) is 0.467. The summed E-state index contributed by atoms with van der Waals surface area (Å²) in [5.41, 5.74) is 6.95. The van der Waals surface area contributed by atoms with Gasteiger partial charge in [0.2, 0.25) is 5.91 Å². The standard InChI is InChI=1S/C15H19N3O4.ClH/c1-18-11-3-2-10(8-12(11)22-14(18)20)17-13(19)15(9-16)4-6-21-7-5-15;/h2-3,8H,4-7,9,16H2,1H3,(H,17,19);1H. The van der Waals surface area contributed by atoms with E-state index in [1.54, 1.807) is 25.2 Å². The molecular weight excluding hydrogens is 322 g/mol. The Kier molecular flexibility index (Phi) is 5.13. The number of rotatable bonds is 3. The lowest BCUT2D eigenvalue weighted by atomic mass is 9.79. The van der Waals surface area contributed by atoms with Crippen LogP contribution in [-0.2, 0) is 16.6 Å². The van der Waals surface area contributed by atoms with Gasteiger partial charge < -0.3 is 20.2 Å². The third-order valence-electron chi connectivity index (χ3n) is 4.37. The van der Waals surface area contributed by atoms with Crippen LogP contribution in [0.3, 0.4) is 0 Å². The molecule has 23 heavy (non-hydrogen) atoms. The third kappa shape index (κ3) is 3.12. The Hall–Kier alpha value is -1.83. The van der Waals surface area contributed by atoms with E-state index >= 15 is 0 Å². The number of nitrogens with zero attached hydrogens (tertiary/aromatic N) is 1. The van der Waals surface area contributed by atoms with Crippen LogP contribution in [0, 0.1) is 5.41 Å². The first-order chi connectivity index (χ1) is 10.6. The molecule has 0 radical (unpaired) electrons. The quantitative estimate of drug-likeness (QED) is 0.875. The minimum Gasteiger partial charge on any atom is -0.408 e. The van der Waals surface area contributed by atoms with Crippen LogP contribution >= 0.6 is 12.4 Å². The van der Waals surface area contributed by atoms with Crippen LogP contribution in [0.15, 0.2) is 27.4 Å². The lowest BCUT2D eigenvalue weighted by molar-refractivity contribution is -0.130. The molecule has 1 amide bonds. The van der Waals surface area contributed by atoms with Crippen molar-refractivity contribution in [3.8, 4) is 0 Å². The highest BCUT2D eigenvalue weighted by Gasteiger charge is 2.38. The van der Waals surface area contributed by atoms with Gasteiger partial charge >= 0.3 is 5.76 Å². The summed E-state index contributed by atoms with van der Waals surface area (Å²) in [7, 11) is 1.64. The number of halogens is 1. The smallest absolute Gasteiger partial charge is 0.408 e. The molecule has 0 saturated carbocycles. The van der Waals surface area contributed by atoms with E-state index < -0.39 is 11.2 Å². The van der Waals surface area contributed by atoms with Crippen LogP contribution in [0.4, 0.5) is 5.69 Å². The van der Waals surface area contributed by atoms with Gasteiger partial charge in [-0.15, -0.1) is 12.4 Å². The maximum Gasteiger partial charge on any atom is 0.419 e. The van der Waals surface area contributed by atoms with Crippen molar-refractivity contribution in [2.75, 3.05) is 25.1 Å². The van der Waals surface area contributed by atoms with E-state index in [1.807, 2.05) is 0 Å². The third-order valence-corrected chi connectivity index (χ3v) is 4.37. The second kappa shape index (κ2) is 6.74. The Morgan fingerprint density at radius 1 is 1.39 bits per heavy atom. The summed E-state index contributed by atoms with van der Waals surface area (Å²) in [4.78, 5) is 24.1. The minimum absolute atomic E-state index is 0. The van der Waals surface area contributed by atoms with Crippen molar-refractivity contribution in [1.82, 2.24) is 4.57 Å². The molecule has 1 aliphatic rings. The van der Waals surface area contributed by atoms with Crippen LogP contribution in [0.25, 0.3) is 11.1 Å².